The van der Waals surface area contributed by atoms with E-state index in [9.17, 15) is 9.59 Å². The number of hydrogen-bond acceptors (Lipinski definition) is 9. The van der Waals surface area contributed by atoms with Crippen LogP contribution in [-0.2, 0) is 20.6 Å². The van der Waals surface area contributed by atoms with Gasteiger partial charge in [0.2, 0.25) is 0 Å². The third kappa shape index (κ3) is 5.31. The highest BCUT2D eigenvalue weighted by Gasteiger charge is 2.40. The number of methoxy groups -OCH3 is 2. The number of Topliss-reactive ketones (excluding diaryl/α,β-unsaturated/α-hetero) is 1. The second-order valence-electron chi connectivity index (χ2n) is 7.20. The molecule has 1 heterocycles. The Morgan fingerprint density at radius 1 is 1.06 bits per heavy atom. The van der Waals surface area contributed by atoms with Crippen molar-refractivity contribution in [3.05, 3.63) is 34.2 Å². The average Bonchev–Trinajstić information content (AvgIpc) is 3.18. The van der Waals surface area contributed by atoms with Crippen LogP contribution in [0.25, 0.3) is 0 Å². The number of ketones is 1. The van der Waals surface area contributed by atoms with Crippen molar-refractivity contribution in [2.24, 2.45) is 5.92 Å². The summed E-state index contributed by atoms with van der Waals surface area (Å²) < 4.78 is 33.4. The predicted octanol–water partition coefficient (Wildman–Crippen LogP) is 4.88. The van der Waals surface area contributed by atoms with Crippen molar-refractivity contribution < 1.29 is 38.0 Å². The van der Waals surface area contributed by atoms with Gasteiger partial charge in [0, 0.05) is 19.3 Å². The monoisotopic (exact) mass is 478 g/mol. The molecule has 8 nitrogen and oxygen atoms in total. The Morgan fingerprint density at radius 3 is 2.36 bits per heavy atom. The quantitative estimate of drug-likeness (QED) is 0.334. The lowest BCUT2D eigenvalue weighted by Gasteiger charge is -2.29. The van der Waals surface area contributed by atoms with E-state index in [1.807, 2.05) is 13.8 Å². The minimum Gasteiger partial charge on any atom is -0.493 e. The van der Waals surface area contributed by atoms with Gasteiger partial charge < -0.3 is 28.4 Å². The van der Waals surface area contributed by atoms with Crippen LogP contribution in [0.1, 0.15) is 52.8 Å². The molecule has 0 N–H and O–H groups in total. The molecule has 1 unspecified atom stereocenters. The lowest BCUT2D eigenvalue weighted by molar-refractivity contribution is -0.158. The number of rotatable bonds is 11. The molecular formula is C24H30O8S. The molecule has 2 aromatic rings. The molecule has 1 atom stereocenters. The van der Waals surface area contributed by atoms with Crippen LogP contribution in [0.3, 0.4) is 0 Å². The highest BCUT2D eigenvalue weighted by atomic mass is 32.1. The van der Waals surface area contributed by atoms with Gasteiger partial charge in [-0.15, -0.1) is 0 Å². The molecule has 0 spiro atoms. The van der Waals surface area contributed by atoms with Crippen molar-refractivity contribution >= 4 is 23.1 Å². The number of hydrogen-bond donors (Lipinski definition) is 0. The first-order valence-electron chi connectivity index (χ1n) is 11.0. The maximum absolute atomic E-state index is 13.6. The van der Waals surface area contributed by atoms with Crippen LogP contribution in [0.5, 0.6) is 22.3 Å². The Bertz CT molecular complexity index is 977. The fourth-order valence-corrected chi connectivity index (χ4v) is 4.95. The van der Waals surface area contributed by atoms with Gasteiger partial charge in [-0.25, -0.2) is 4.79 Å². The van der Waals surface area contributed by atoms with Gasteiger partial charge in [0.05, 0.1) is 32.3 Å². The molecule has 0 fully saturated rings. The van der Waals surface area contributed by atoms with E-state index < -0.39 is 18.2 Å². The van der Waals surface area contributed by atoms with Crippen LogP contribution >= 0.6 is 11.3 Å². The molecular weight excluding hydrogens is 448 g/mol. The van der Waals surface area contributed by atoms with Crippen molar-refractivity contribution in [1.82, 2.24) is 0 Å². The van der Waals surface area contributed by atoms with E-state index in [1.54, 1.807) is 32.2 Å². The topological polar surface area (TPSA) is 89.5 Å². The molecule has 3 rings (SSSR count). The fourth-order valence-electron chi connectivity index (χ4n) is 3.84. The number of esters is 1. The van der Waals surface area contributed by atoms with E-state index in [0.29, 0.717) is 64.4 Å². The molecule has 1 aromatic carbocycles. The molecule has 33 heavy (non-hydrogen) atoms. The molecule has 0 bridgehead atoms. The summed E-state index contributed by atoms with van der Waals surface area (Å²) in [5, 5.41) is 0.335. The van der Waals surface area contributed by atoms with Gasteiger partial charge in [0.1, 0.15) is 10.6 Å². The van der Waals surface area contributed by atoms with Crippen molar-refractivity contribution in [2.45, 2.75) is 39.9 Å². The van der Waals surface area contributed by atoms with E-state index in [1.165, 1.54) is 7.11 Å². The summed E-state index contributed by atoms with van der Waals surface area (Å²) >= 11 is 1.11. The lowest BCUT2D eigenvalue weighted by Crippen LogP contribution is -2.36. The summed E-state index contributed by atoms with van der Waals surface area (Å²) in [7, 11) is 3.08. The van der Waals surface area contributed by atoms with E-state index >= 15 is 0 Å². The first kappa shape index (κ1) is 25.0. The van der Waals surface area contributed by atoms with Crippen molar-refractivity contribution in [2.75, 3.05) is 34.0 Å². The average molecular weight is 479 g/mol. The largest absolute Gasteiger partial charge is 0.493 e. The van der Waals surface area contributed by atoms with E-state index in [4.69, 9.17) is 28.4 Å². The standard InChI is InChI=1S/C24H30O8S/c1-6-29-22(26)21-15-10-11-16(23(30-7-2)31-8-3)20(25)19(15)24(33-21)32-14-9-12-17(27-4)18(13-14)28-5/h9,12-13,16,23H,6-8,10-11H2,1-5H3. The van der Waals surface area contributed by atoms with Crippen LogP contribution in [-0.4, -0.2) is 52.1 Å². The Morgan fingerprint density at radius 2 is 1.76 bits per heavy atom. The molecule has 0 radical (unpaired) electrons. The number of thiophene rings is 1. The zero-order valence-corrected chi connectivity index (χ0v) is 20.4. The number of ether oxygens (including phenoxy) is 6. The first-order valence-corrected chi connectivity index (χ1v) is 11.8. The van der Waals surface area contributed by atoms with Crippen molar-refractivity contribution in [3.8, 4) is 22.3 Å². The first-order chi connectivity index (χ1) is 16.0. The highest BCUT2D eigenvalue weighted by molar-refractivity contribution is 7.16. The van der Waals surface area contributed by atoms with Gasteiger partial charge in [0.15, 0.2) is 28.6 Å². The third-order valence-corrected chi connectivity index (χ3v) is 6.37. The maximum Gasteiger partial charge on any atom is 0.348 e. The number of carbonyl (C=O) groups excluding carboxylic acids is 2. The number of carbonyl (C=O) groups is 2. The molecule has 0 aliphatic heterocycles. The van der Waals surface area contributed by atoms with Gasteiger partial charge >= 0.3 is 5.97 Å². The summed E-state index contributed by atoms with van der Waals surface area (Å²) in [5.41, 5.74) is 1.04. The molecule has 1 aliphatic carbocycles. The van der Waals surface area contributed by atoms with Gasteiger partial charge in [-0.1, -0.05) is 11.3 Å². The molecule has 1 aromatic heterocycles. The minimum atomic E-state index is -0.652. The van der Waals surface area contributed by atoms with E-state index in [2.05, 4.69) is 0 Å². The Labute approximate surface area is 197 Å². The van der Waals surface area contributed by atoms with Crippen LogP contribution in [0.15, 0.2) is 18.2 Å². The highest BCUT2D eigenvalue weighted by Crippen LogP contribution is 2.45. The SMILES string of the molecule is CCOC(=O)c1sc(Oc2ccc(OC)c(OC)c2)c2c1CCC(C(OCC)OCC)C2=O. The second kappa shape index (κ2) is 11.5. The normalized spacial score (nSPS) is 15.3. The summed E-state index contributed by atoms with van der Waals surface area (Å²) in [6, 6.07) is 5.10. The summed E-state index contributed by atoms with van der Waals surface area (Å²) in [5.74, 6) is 0.382. The second-order valence-corrected chi connectivity index (χ2v) is 8.18. The van der Waals surface area contributed by atoms with Crippen molar-refractivity contribution in [1.29, 1.82) is 0 Å². The summed E-state index contributed by atoms with van der Waals surface area (Å²) in [4.78, 5) is 26.6. The van der Waals surface area contributed by atoms with Crippen LogP contribution < -0.4 is 14.2 Å². The Balaban J connectivity index is 2.03. The molecule has 0 saturated carbocycles. The van der Waals surface area contributed by atoms with Crippen LogP contribution in [0.4, 0.5) is 0 Å². The van der Waals surface area contributed by atoms with Crippen LogP contribution in [0, 0.1) is 5.92 Å². The molecule has 9 heteroatoms. The minimum absolute atomic E-state index is 0.162. The zero-order valence-electron chi connectivity index (χ0n) is 19.6. The van der Waals surface area contributed by atoms with E-state index in [-0.39, 0.29) is 12.4 Å². The molecule has 0 amide bonds. The molecule has 0 saturated heterocycles. The van der Waals surface area contributed by atoms with Gasteiger partial charge in [-0.3, -0.25) is 4.79 Å². The Kier molecular flexibility index (Phi) is 8.71. The number of benzene rings is 1. The third-order valence-electron chi connectivity index (χ3n) is 5.28. The van der Waals surface area contributed by atoms with Crippen molar-refractivity contribution in [3.63, 3.8) is 0 Å². The zero-order chi connectivity index (χ0) is 24.0. The summed E-state index contributed by atoms with van der Waals surface area (Å²) in [6.45, 7) is 6.56. The van der Waals surface area contributed by atoms with Gasteiger partial charge in [-0.2, -0.15) is 0 Å². The van der Waals surface area contributed by atoms with Gasteiger partial charge in [-0.05, 0) is 51.3 Å². The predicted molar refractivity (Wildman–Crippen MR) is 123 cm³/mol. The maximum atomic E-state index is 13.6. The number of fused-ring (bicyclic) bond motifs is 1. The lowest BCUT2D eigenvalue weighted by atomic mass is 9.83. The smallest absolute Gasteiger partial charge is 0.348 e. The summed E-state index contributed by atoms with van der Waals surface area (Å²) in [6.07, 6.45) is 0.373. The van der Waals surface area contributed by atoms with Crippen LogP contribution in [0.2, 0.25) is 0 Å². The van der Waals surface area contributed by atoms with E-state index in [0.717, 1.165) is 11.3 Å². The Hall–Kier alpha value is -2.62. The fraction of sp³-hybridized carbons (Fsp3) is 0.500. The molecule has 180 valence electrons. The molecule has 1 aliphatic rings. The van der Waals surface area contributed by atoms with Gasteiger partial charge in [0.25, 0.3) is 0 Å².